The van der Waals surface area contributed by atoms with Gasteiger partial charge in [0.05, 0.1) is 18.2 Å². The molecule has 1 aromatic heterocycles. The molecule has 2 heterocycles. The number of rotatable bonds is 6. The Morgan fingerprint density at radius 3 is 2.59 bits per heavy atom. The number of halogens is 1. The number of hydrogen-bond donors (Lipinski definition) is 1. The largest absolute Gasteiger partial charge is 0.490 e. The Bertz CT molecular complexity index is 875. The minimum atomic E-state index is -0.154. The molecular weight excluding hydrogens is 440 g/mol. The molecule has 8 nitrogen and oxygen atoms in total. The summed E-state index contributed by atoms with van der Waals surface area (Å²) in [6.07, 6.45) is -0.0280. The zero-order chi connectivity index (χ0) is 21.0. The van der Waals surface area contributed by atoms with E-state index in [0.717, 1.165) is 4.47 Å². The summed E-state index contributed by atoms with van der Waals surface area (Å²) in [5.74, 6) is 1.41. The molecule has 0 aliphatic carbocycles. The molecule has 1 N–H and O–H groups in total. The van der Waals surface area contributed by atoms with E-state index in [4.69, 9.17) is 9.26 Å². The summed E-state index contributed by atoms with van der Waals surface area (Å²) in [5.41, 5.74) is 0.550. The lowest BCUT2D eigenvalue weighted by atomic mass is 10.1. The highest BCUT2D eigenvalue weighted by Crippen LogP contribution is 2.26. The van der Waals surface area contributed by atoms with Gasteiger partial charge < -0.3 is 19.5 Å². The van der Waals surface area contributed by atoms with Gasteiger partial charge in [-0.2, -0.15) is 0 Å². The second-order valence-corrected chi connectivity index (χ2v) is 8.16. The number of benzene rings is 1. The van der Waals surface area contributed by atoms with Crippen molar-refractivity contribution < 1.29 is 18.8 Å². The fourth-order valence-corrected chi connectivity index (χ4v) is 3.45. The molecular formula is C20H25BrN4O4. The molecule has 2 amide bonds. The number of carbonyl (C=O) groups excluding carboxylic acids is 2. The molecule has 0 radical (unpaired) electrons. The summed E-state index contributed by atoms with van der Waals surface area (Å²) in [4.78, 5) is 29.0. The summed E-state index contributed by atoms with van der Waals surface area (Å²) in [5, 5.41) is 6.47. The Hall–Kier alpha value is -2.39. The number of nitrogens with one attached hydrogen (secondary N) is 1. The Balaban J connectivity index is 1.55. The third-order valence-electron chi connectivity index (χ3n) is 4.46. The summed E-state index contributed by atoms with van der Waals surface area (Å²) in [7, 11) is 0. The molecule has 0 atom stereocenters. The van der Waals surface area contributed by atoms with Crippen LogP contribution in [0.5, 0.6) is 5.75 Å². The summed E-state index contributed by atoms with van der Waals surface area (Å²) in [6.45, 7) is 8.20. The maximum absolute atomic E-state index is 13.0. The Labute approximate surface area is 178 Å². The van der Waals surface area contributed by atoms with Gasteiger partial charge in [0.1, 0.15) is 11.5 Å². The van der Waals surface area contributed by atoms with Crippen molar-refractivity contribution in [2.75, 3.05) is 38.0 Å². The van der Waals surface area contributed by atoms with Crippen LogP contribution in [0.2, 0.25) is 0 Å². The standard InChI is InChI=1S/C20H25BrN4O4/c1-13(2)28-17-11-15(21)4-5-16(17)20(27)25-8-6-24(7-9-25)12-19(26)22-18-10-14(3)29-23-18/h4-5,10-11,13H,6-9,12H2,1-3H3,(H,22,23,26). The number of aromatic nitrogens is 1. The maximum Gasteiger partial charge on any atom is 0.257 e. The van der Waals surface area contributed by atoms with Crippen molar-refractivity contribution in [3.8, 4) is 5.75 Å². The van der Waals surface area contributed by atoms with Crippen molar-refractivity contribution in [1.29, 1.82) is 0 Å². The Morgan fingerprint density at radius 1 is 1.24 bits per heavy atom. The van der Waals surface area contributed by atoms with E-state index in [9.17, 15) is 9.59 Å². The molecule has 29 heavy (non-hydrogen) atoms. The monoisotopic (exact) mass is 464 g/mol. The fraction of sp³-hybridized carbons (Fsp3) is 0.450. The molecule has 0 spiro atoms. The average Bonchev–Trinajstić information content (AvgIpc) is 3.06. The third-order valence-corrected chi connectivity index (χ3v) is 4.95. The van der Waals surface area contributed by atoms with Gasteiger partial charge in [0.15, 0.2) is 5.82 Å². The first-order valence-electron chi connectivity index (χ1n) is 9.53. The highest BCUT2D eigenvalue weighted by Gasteiger charge is 2.25. The van der Waals surface area contributed by atoms with Crippen LogP contribution in [0.15, 0.2) is 33.3 Å². The fourth-order valence-electron chi connectivity index (χ4n) is 3.11. The number of nitrogens with zero attached hydrogens (tertiary/aromatic N) is 3. The summed E-state index contributed by atoms with van der Waals surface area (Å²) < 4.78 is 11.6. The SMILES string of the molecule is Cc1cc(NC(=O)CN2CCN(C(=O)c3ccc(Br)cc3OC(C)C)CC2)no1. The minimum Gasteiger partial charge on any atom is -0.490 e. The van der Waals surface area contributed by atoms with Gasteiger partial charge in [-0.25, -0.2) is 0 Å². The zero-order valence-corrected chi connectivity index (χ0v) is 18.4. The van der Waals surface area contributed by atoms with Crippen LogP contribution in [0, 0.1) is 6.92 Å². The molecule has 0 saturated carbocycles. The van der Waals surface area contributed by atoms with Gasteiger partial charge in [-0.1, -0.05) is 21.1 Å². The molecule has 1 aliphatic rings. The van der Waals surface area contributed by atoms with Crippen molar-refractivity contribution in [3.05, 3.63) is 40.1 Å². The van der Waals surface area contributed by atoms with Gasteiger partial charge in [0, 0.05) is 36.7 Å². The lowest BCUT2D eigenvalue weighted by Gasteiger charge is -2.34. The van der Waals surface area contributed by atoms with E-state index in [1.807, 2.05) is 30.9 Å². The molecule has 1 fully saturated rings. The van der Waals surface area contributed by atoms with Crippen LogP contribution in [0.4, 0.5) is 5.82 Å². The second-order valence-electron chi connectivity index (χ2n) is 7.25. The van der Waals surface area contributed by atoms with Gasteiger partial charge in [0.2, 0.25) is 5.91 Å². The van der Waals surface area contributed by atoms with Crippen molar-refractivity contribution in [1.82, 2.24) is 15.0 Å². The van der Waals surface area contributed by atoms with E-state index in [1.165, 1.54) is 0 Å². The lowest BCUT2D eigenvalue weighted by Crippen LogP contribution is -2.50. The number of ether oxygens (including phenoxy) is 1. The number of aryl methyl sites for hydroxylation is 1. The first kappa shape index (κ1) is 21.3. The van der Waals surface area contributed by atoms with Gasteiger partial charge in [0.25, 0.3) is 5.91 Å². The van der Waals surface area contributed by atoms with E-state index >= 15 is 0 Å². The van der Waals surface area contributed by atoms with E-state index in [0.29, 0.717) is 49.1 Å². The number of anilines is 1. The van der Waals surface area contributed by atoms with Crippen molar-refractivity contribution >= 4 is 33.6 Å². The molecule has 1 aromatic carbocycles. The van der Waals surface area contributed by atoms with Gasteiger partial charge >= 0.3 is 0 Å². The third kappa shape index (κ3) is 5.80. The summed E-state index contributed by atoms with van der Waals surface area (Å²) in [6, 6.07) is 7.11. The smallest absolute Gasteiger partial charge is 0.257 e. The van der Waals surface area contributed by atoms with E-state index in [-0.39, 0.29) is 24.5 Å². The molecule has 156 valence electrons. The van der Waals surface area contributed by atoms with Crippen LogP contribution in [-0.2, 0) is 4.79 Å². The molecule has 0 unspecified atom stereocenters. The van der Waals surface area contributed by atoms with Crippen LogP contribution in [0.25, 0.3) is 0 Å². The maximum atomic E-state index is 13.0. The van der Waals surface area contributed by atoms with Gasteiger partial charge in [-0.15, -0.1) is 0 Å². The number of amides is 2. The Kier molecular flexibility index (Phi) is 6.92. The quantitative estimate of drug-likeness (QED) is 0.706. The lowest BCUT2D eigenvalue weighted by molar-refractivity contribution is -0.117. The van der Waals surface area contributed by atoms with Crippen molar-refractivity contribution in [3.63, 3.8) is 0 Å². The molecule has 1 aliphatic heterocycles. The van der Waals surface area contributed by atoms with Crippen LogP contribution in [-0.4, -0.2) is 65.6 Å². The van der Waals surface area contributed by atoms with Crippen LogP contribution in [0.1, 0.15) is 30.0 Å². The zero-order valence-electron chi connectivity index (χ0n) is 16.8. The molecule has 2 aromatic rings. The van der Waals surface area contributed by atoms with E-state index in [1.54, 1.807) is 24.0 Å². The predicted molar refractivity (Wildman–Crippen MR) is 112 cm³/mol. The summed E-state index contributed by atoms with van der Waals surface area (Å²) >= 11 is 3.43. The highest BCUT2D eigenvalue weighted by atomic mass is 79.9. The van der Waals surface area contributed by atoms with Crippen molar-refractivity contribution in [2.24, 2.45) is 0 Å². The van der Waals surface area contributed by atoms with E-state index < -0.39 is 0 Å². The number of carbonyl (C=O) groups is 2. The van der Waals surface area contributed by atoms with Gasteiger partial charge in [-0.3, -0.25) is 14.5 Å². The van der Waals surface area contributed by atoms with Crippen LogP contribution >= 0.6 is 15.9 Å². The first-order chi connectivity index (χ1) is 13.8. The first-order valence-corrected chi connectivity index (χ1v) is 10.3. The predicted octanol–water partition coefficient (Wildman–Crippen LogP) is 2.93. The number of piperazine rings is 1. The average molecular weight is 465 g/mol. The van der Waals surface area contributed by atoms with E-state index in [2.05, 4.69) is 26.4 Å². The van der Waals surface area contributed by atoms with Crippen LogP contribution < -0.4 is 10.1 Å². The molecule has 9 heteroatoms. The molecule has 3 rings (SSSR count). The number of hydrogen-bond acceptors (Lipinski definition) is 6. The second kappa shape index (κ2) is 9.41. The van der Waals surface area contributed by atoms with Crippen molar-refractivity contribution in [2.45, 2.75) is 26.9 Å². The molecule has 1 saturated heterocycles. The molecule has 0 bridgehead atoms. The van der Waals surface area contributed by atoms with Crippen LogP contribution in [0.3, 0.4) is 0 Å². The Morgan fingerprint density at radius 2 is 1.97 bits per heavy atom. The minimum absolute atomic E-state index is 0.0280. The normalized spacial score (nSPS) is 14.9. The topological polar surface area (TPSA) is 87.9 Å². The van der Waals surface area contributed by atoms with Gasteiger partial charge in [-0.05, 0) is 39.0 Å². The highest BCUT2D eigenvalue weighted by molar-refractivity contribution is 9.10.